The third-order valence-electron chi connectivity index (χ3n) is 4.15. The molecule has 0 unspecified atom stereocenters. The molecule has 0 aliphatic rings. The lowest BCUT2D eigenvalue weighted by molar-refractivity contribution is 0.301. The molecule has 2 heterocycles. The maximum absolute atomic E-state index is 12.3. The summed E-state index contributed by atoms with van der Waals surface area (Å²) in [5.41, 5.74) is 2.47. The van der Waals surface area contributed by atoms with E-state index in [1.807, 2.05) is 54.6 Å². The van der Waals surface area contributed by atoms with Crippen LogP contribution in [0.2, 0.25) is 0 Å². The van der Waals surface area contributed by atoms with Crippen LogP contribution in [-0.4, -0.2) is 19.6 Å². The zero-order chi connectivity index (χ0) is 17.9. The van der Waals surface area contributed by atoms with Gasteiger partial charge in [0.1, 0.15) is 12.4 Å². The first-order chi connectivity index (χ1) is 12.7. The summed E-state index contributed by atoms with van der Waals surface area (Å²) in [6.45, 7) is 2.32. The summed E-state index contributed by atoms with van der Waals surface area (Å²) >= 11 is 0. The lowest BCUT2D eigenvalue weighted by atomic mass is 10.2. The fraction of sp³-hybridized carbons (Fsp3) is 0.150. The molecular weight excluding hydrogens is 328 g/mol. The number of benzene rings is 2. The van der Waals surface area contributed by atoms with E-state index in [4.69, 9.17) is 4.74 Å². The van der Waals surface area contributed by atoms with Crippen LogP contribution in [-0.2, 0) is 13.0 Å². The molecule has 6 nitrogen and oxygen atoms in total. The van der Waals surface area contributed by atoms with Crippen molar-refractivity contribution in [2.45, 2.75) is 20.0 Å². The molecule has 0 saturated heterocycles. The van der Waals surface area contributed by atoms with Gasteiger partial charge in [-0.15, -0.1) is 0 Å². The van der Waals surface area contributed by atoms with E-state index in [1.165, 1.54) is 16.1 Å². The summed E-state index contributed by atoms with van der Waals surface area (Å²) in [4.78, 5) is 21.2. The molecule has 2 aromatic heterocycles. The van der Waals surface area contributed by atoms with E-state index in [-0.39, 0.29) is 12.2 Å². The van der Waals surface area contributed by atoms with Gasteiger partial charge in [0, 0.05) is 11.6 Å². The molecule has 0 spiro atoms. The predicted molar refractivity (Wildman–Crippen MR) is 99.2 cm³/mol. The van der Waals surface area contributed by atoms with Gasteiger partial charge in [-0.05, 0) is 24.1 Å². The number of nitrogens with zero attached hydrogens (tertiary/aromatic N) is 3. The number of fused-ring (bicyclic) bond motifs is 1. The molecule has 0 fully saturated rings. The number of aromatic amines is 1. The highest BCUT2D eigenvalue weighted by Crippen LogP contribution is 2.16. The van der Waals surface area contributed by atoms with Crippen LogP contribution in [0.15, 0.2) is 65.5 Å². The van der Waals surface area contributed by atoms with Gasteiger partial charge in [-0.3, -0.25) is 9.89 Å². The first kappa shape index (κ1) is 16.1. The Kier molecular flexibility index (Phi) is 4.23. The first-order valence-electron chi connectivity index (χ1n) is 8.49. The van der Waals surface area contributed by atoms with Crippen LogP contribution in [0.25, 0.3) is 17.2 Å². The second kappa shape index (κ2) is 6.84. The van der Waals surface area contributed by atoms with Crippen molar-refractivity contribution >= 4 is 5.78 Å². The zero-order valence-corrected chi connectivity index (χ0v) is 14.3. The Morgan fingerprint density at radius 1 is 1.04 bits per heavy atom. The van der Waals surface area contributed by atoms with Gasteiger partial charge in [0.2, 0.25) is 0 Å². The highest BCUT2D eigenvalue weighted by molar-refractivity contribution is 5.56. The average Bonchev–Trinajstić information content (AvgIpc) is 3.12. The van der Waals surface area contributed by atoms with Crippen LogP contribution >= 0.6 is 0 Å². The van der Waals surface area contributed by atoms with E-state index in [9.17, 15) is 4.79 Å². The average molecular weight is 346 g/mol. The van der Waals surface area contributed by atoms with E-state index in [2.05, 4.69) is 22.0 Å². The van der Waals surface area contributed by atoms with Crippen LogP contribution in [0, 0.1) is 0 Å². The largest absolute Gasteiger partial charge is 0.487 e. The zero-order valence-electron chi connectivity index (χ0n) is 14.3. The van der Waals surface area contributed by atoms with Crippen molar-refractivity contribution in [2.24, 2.45) is 0 Å². The van der Waals surface area contributed by atoms with Gasteiger partial charge < -0.3 is 4.74 Å². The summed E-state index contributed by atoms with van der Waals surface area (Å²) in [5.74, 6) is 1.68. The molecule has 0 radical (unpaired) electrons. The molecule has 0 amide bonds. The van der Waals surface area contributed by atoms with Crippen LogP contribution < -0.4 is 10.3 Å². The van der Waals surface area contributed by atoms with Gasteiger partial charge in [0.15, 0.2) is 5.82 Å². The van der Waals surface area contributed by atoms with Crippen molar-refractivity contribution in [3.8, 4) is 17.1 Å². The fourth-order valence-electron chi connectivity index (χ4n) is 2.71. The lowest BCUT2D eigenvalue weighted by Gasteiger charge is -2.06. The molecule has 6 heteroatoms. The number of rotatable bonds is 5. The Morgan fingerprint density at radius 2 is 1.81 bits per heavy atom. The maximum atomic E-state index is 12.3. The van der Waals surface area contributed by atoms with Gasteiger partial charge in [-0.25, -0.2) is 4.98 Å². The minimum Gasteiger partial charge on any atom is -0.487 e. The highest BCUT2D eigenvalue weighted by Gasteiger charge is 2.10. The molecule has 0 saturated carbocycles. The van der Waals surface area contributed by atoms with Crippen molar-refractivity contribution in [3.63, 3.8) is 0 Å². The number of H-pyrrole nitrogens is 1. The van der Waals surface area contributed by atoms with E-state index in [1.54, 1.807) is 0 Å². The van der Waals surface area contributed by atoms with E-state index >= 15 is 0 Å². The molecule has 4 aromatic rings. The number of hydrogen-bond acceptors (Lipinski definition) is 4. The highest BCUT2D eigenvalue weighted by atomic mass is 16.5. The van der Waals surface area contributed by atoms with Gasteiger partial charge in [0.05, 0.1) is 5.69 Å². The third kappa shape index (κ3) is 3.21. The second-order valence-corrected chi connectivity index (χ2v) is 5.95. The van der Waals surface area contributed by atoms with Crippen LogP contribution in [0.3, 0.4) is 0 Å². The van der Waals surface area contributed by atoms with E-state index in [0.29, 0.717) is 17.3 Å². The van der Waals surface area contributed by atoms with E-state index in [0.717, 1.165) is 17.7 Å². The maximum Gasteiger partial charge on any atom is 0.274 e. The number of nitrogens with one attached hydrogen (secondary N) is 1. The number of aryl methyl sites for hydroxylation is 1. The summed E-state index contributed by atoms with van der Waals surface area (Å²) in [6.07, 6.45) is 0.984. The quantitative estimate of drug-likeness (QED) is 0.602. The Labute approximate surface area is 150 Å². The lowest BCUT2D eigenvalue weighted by Crippen LogP contribution is -2.16. The smallest absolute Gasteiger partial charge is 0.274 e. The predicted octanol–water partition coefficient (Wildman–Crippen LogP) is 3.23. The van der Waals surface area contributed by atoms with Gasteiger partial charge in [-0.1, -0.05) is 49.4 Å². The summed E-state index contributed by atoms with van der Waals surface area (Å²) in [5, 5.41) is 2.98. The number of hydrogen-bond donors (Lipinski definition) is 1. The molecule has 0 atom stereocenters. The molecule has 4 rings (SSSR count). The molecule has 26 heavy (non-hydrogen) atoms. The topological polar surface area (TPSA) is 72.3 Å². The third-order valence-corrected chi connectivity index (χ3v) is 4.15. The number of ether oxygens (including phenoxy) is 1. The SMILES string of the molecule is CCc1ccc(OCc2cc(=O)n3[nH]c(-c4ccccc4)nc3n2)cc1. The summed E-state index contributed by atoms with van der Waals surface area (Å²) in [7, 11) is 0. The van der Waals surface area contributed by atoms with Crippen molar-refractivity contribution in [3.05, 3.63) is 82.3 Å². The fourth-order valence-corrected chi connectivity index (χ4v) is 2.71. The van der Waals surface area contributed by atoms with Gasteiger partial charge in [-0.2, -0.15) is 9.50 Å². The first-order valence-corrected chi connectivity index (χ1v) is 8.49. The minimum atomic E-state index is -0.218. The van der Waals surface area contributed by atoms with Crippen molar-refractivity contribution in [2.75, 3.05) is 0 Å². The molecular formula is C20H18N4O2. The molecule has 0 aliphatic carbocycles. The van der Waals surface area contributed by atoms with E-state index < -0.39 is 0 Å². The molecule has 0 bridgehead atoms. The van der Waals surface area contributed by atoms with Crippen molar-refractivity contribution in [1.29, 1.82) is 0 Å². The van der Waals surface area contributed by atoms with Crippen molar-refractivity contribution in [1.82, 2.24) is 19.6 Å². The standard InChI is InChI=1S/C20H18N4O2/c1-2-14-8-10-17(11-9-14)26-13-16-12-18(25)24-20(21-16)22-19(23-24)15-6-4-3-5-7-15/h3-12H,2,13H2,1H3,(H,21,22,23). The normalized spacial score (nSPS) is 11.0. The Morgan fingerprint density at radius 3 is 2.54 bits per heavy atom. The summed E-state index contributed by atoms with van der Waals surface area (Å²) in [6, 6.07) is 19.0. The van der Waals surface area contributed by atoms with Gasteiger partial charge in [0.25, 0.3) is 11.3 Å². The Hall–Kier alpha value is -3.41. The monoisotopic (exact) mass is 346 g/mol. The molecule has 130 valence electrons. The Balaban J connectivity index is 1.59. The van der Waals surface area contributed by atoms with Crippen LogP contribution in [0.5, 0.6) is 5.75 Å². The van der Waals surface area contributed by atoms with Gasteiger partial charge >= 0.3 is 0 Å². The van der Waals surface area contributed by atoms with Crippen molar-refractivity contribution < 1.29 is 4.74 Å². The molecule has 0 aliphatic heterocycles. The summed E-state index contributed by atoms with van der Waals surface area (Å²) < 4.78 is 7.07. The minimum absolute atomic E-state index is 0.213. The van der Waals surface area contributed by atoms with Crippen LogP contribution in [0.1, 0.15) is 18.2 Å². The number of aromatic nitrogens is 4. The van der Waals surface area contributed by atoms with Crippen LogP contribution in [0.4, 0.5) is 0 Å². The molecule has 2 aromatic carbocycles. The second-order valence-electron chi connectivity index (χ2n) is 5.95. The Bertz CT molecular complexity index is 1080. The molecule has 1 N–H and O–H groups in total.